The zero-order chi connectivity index (χ0) is 22.2. The molecule has 32 heavy (non-hydrogen) atoms. The van der Waals surface area contributed by atoms with Gasteiger partial charge in [0.25, 0.3) is 0 Å². The highest BCUT2D eigenvalue weighted by Gasteiger charge is 2.32. The van der Waals surface area contributed by atoms with Crippen LogP contribution >= 0.6 is 11.6 Å². The monoisotopic (exact) mass is 449 g/mol. The number of aromatic amines is 1. The maximum Gasteiger partial charge on any atom is 0.237 e. The van der Waals surface area contributed by atoms with Crippen LogP contribution in [-0.4, -0.2) is 56.3 Å². The lowest BCUT2D eigenvalue weighted by Gasteiger charge is -2.40. The lowest BCUT2D eigenvalue weighted by Crippen LogP contribution is -2.58. The molecule has 0 bridgehead atoms. The van der Waals surface area contributed by atoms with E-state index in [-0.39, 0.29) is 11.9 Å². The third kappa shape index (κ3) is 4.00. The Bertz CT molecular complexity index is 1300. The third-order valence-corrected chi connectivity index (χ3v) is 6.21. The minimum atomic E-state index is -0.0683. The second kappa shape index (κ2) is 8.38. The molecule has 164 valence electrons. The van der Waals surface area contributed by atoms with E-state index in [1.54, 1.807) is 0 Å². The fraction of sp³-hybridized carbons (Fsp3) is 0.261. The van der Waals surface area contributed by atoms with Crippen molar-refractivity contribution in [2.75, 3.05) is 25.4 Å². The second-order valence-electron chi connectivity index (χ2n) is 8.22. The SMILES string of the molecule is NC[C@H]1CN(Cc2cc3cc(Cl)ccc3[nH]2)CC(=O)N1Cc1ccc2c(N)ncnc2c1. The number of piperazine rings is 1. The molecule has 2 aromatic carbocycles. The molecule has 2 aromatic heterocycles. The van der Waals surface area contributed by atoms with Gasteiger partial charge in [0.15, 0.2) is 0 Å². The summed E-state index contributed by atoms with van der Waals surface area (Å²) in [6, 6.07) is 13.6. The predicted molar refractivity (Wildman–Crippen MR) is 126 cm³/mol. The Morgan fingerprint density at radius 3 is 2.84 bits per heavy atom. The van der Waals surface area contributed by atoms with Gasteiger partial charge in [-0.15, -0.1) is 0 Å². The number of carbonyl (C=O) groups is 1. The van der Waals surface area contributed by atoms with Crippen molar-refractivity contribution in [3.05, 3.63) is 65.1 Å². The minimum Gasteiger partial charge on any atom is -0.383 e. The number of hydrogen-bond donors (Lipinski definition) is 3. The number of hydrogen-bond acceptors (Lipinski definition) is 6. The van der Waals surface area contributed by atoms with Gasteiger partial charge in [-0.1, -0.05) is 17.7 Å². The molecular formula is C23H24ClN7O. The van der Waals surface area contributed by atoms with Gasteiger partial charge in [-0.25, -0.2) is 9.97 Å². The molecule has 1 fully saturated rings. The van der Waals surface area contributed by atoms with E-state index in [2.05, 4.69) is 25.9 Å². The third-order valence-electron chi connectivity index (χ3n) is 5.98. The van der Waals surface area contributed by atoms with Gasteiger partial charge in [0, 0.05) is 53.2 Å². The summed E-state index contributed by atoms with van der Waals surface area (Å²) >= 11 is 6.10. The molecule has 5 rings (SSSR count). The van der Waals surface area contributed by atoms with Crippen LogP contribution in [0.5, 0.6) is 0 Å². The van der Waals surface area contributed by atoms with Gasteiger partial charge in [0.2, 0.25) is 5.91 Å². The van der Waals surface area contributed by atoms with E-state index >= 15 is 0 Å². The summed E-state index contributed by atoms with van der Waals surface area (Å²) in [5, 5.41) is 2.58. The van der Waals surface area contributed by atoms with Crippen molar-refractivity contribution in [3.63, 3.8) is 0 Å². The summed E-state index contributed by atoms with van der Waals surface area (Å²) in [6.07, 6.45) is 1.45. The van der Waals surface area contributed by atoms with Crippen molar-refractivity contribution in [1.82, 2.24) is 24.8 Å². The first-order valence-electron chi connectivity index (χ1n) is 10.5. The van der Waals surface area contributed by atoms with Gasteiger partial charge in [-0.05, 0) is 42.0 Å². The van der Waals surface area contributed by atoms with Crippen LogP contribution in [0, 0.1) is 0 Å². The van der Waals surface area contributed by atoms with E-state index < -0.39 is 0 Å². The Hall–Kier alpha value is -3.20. The predicted octanol–water partition coefficient (Wildman–Crippen LogP) is 2.52. The van der Waals surface area contributed by atoms with Crippen LogP contribution in [0.1, 0.15) is 11.3 Å². The zero-order valence-corrected chi connectivity index (χ0v) is 18.2. The first kappa shape index (κ1) is 20.7. The smallest absolute Gasteiger partial charge is 0.237 e. The highest BCUT2D eigenvalue weighted by molar-refractivity contribution is 6.31. The summed E-state index contributed by atoms with van der Waals surface area (Å²) in [4.78, 5) is 28.8. The summed E-state index contributed by atoms with van der Waals surface area (Å²) in [7, 11) is 0. The molecule has 0 aliphatic carbocycles. The molecule has 1 aliphatic rings. The van der Waals surface area contributed by atoms with Gasteiger partial charge in [0.1, 0.15) is 12.1 Å². The topological polar surface area (TPSA) is 117 Å². The summed E-state index contributed by atoms with van der Waals surface area (Å²) in [5.41, 5.74) is 15.8. The second-order valence-corrected chi connectivity index (χ2v) is 8.65. The van der Waals surface area contributed by atoms with Crippen LogP contribution in [0.4, 0.5) is 5.82 Å². The lowest BCUT2D eigenvalue weighted by atomic mass is 10.1. The number of rotatable bonds is 5. The van der Waals surface area contributed by atoms with E-state index in [1.807, 2.05) is 41.3 Å². The molecule has 3 heterocycles. The standard InChI is InChI=1S/C23H24ClN7O/c24-16-2-4-20-15(6-16)7-17(29-20)10-30-11-18(8-25)31(22(32)12-30)9-14-1-3-19-21(5-14)27-13-28-23(19)26/h1-7,13,18,29H,8-12,25H2,(H2,26,27,28)/t18-/m0/s1. The molecule has 0 radical (unpaired) electrons. The molecule has 1 saturated heterocycles. The van der Waals surface area contributed by atoms with Gasteiger partial charge < -0.3 is 21.4 Å². The molecule has 4 aromatic rings. The Labute approximate surface area is 190 Å². The molecule has 0 saturated carbocycles. The fourth-order valence-corrected chi connectivity index (χ4v) is 4.58. The summed E-state index contributed by atoms with van der Waals surface area (Å²) < 4.78 is 0. The quantitative estimate of drug-likeness (QED) is 0.431. The van der Waals surface area contributed by atoms with Crippen LogP contribution in [0.15, 0.2) is 48.8 Å². The first-order chi connectivity index (χ1) is 15.5. The lowest BCUT2D eigenvalue weighted by molar-refractivity contribution is -0.140. The van der Waals surface area contributed by atoms with Crippen LogP contribution in [0.2, 0.25) is 5.02 Å². The number of carbonyl (C=O) groups excluding carboxylic acids is 1. The Kier molecular flexibility index (Phi) is 5.42. The van der Waals surface area contributed by atoms with Crippen molar-refractivity contribution >= 4 is 45.1 Å². The van der Waals surface area contributed by atoms with Crippen LogP contribution in [0.3, 0.4) is 0 Å². The maximum atomic E-state index is 13.1. The molecule has 1 atom stereocenters. The van der Waals surface area contributed by atoms with E-state index in [0.29, 0.717) is 43.6 Å². The molecule has 8 nitrogen and oxygen atoms in total. The number of benzene rings is 2. The number of halogens is 1. The number of fused-ring (bicyclic) bond motifs is 2. The fourth-order valence-electron chi connectivity index (χ4n) is 4.39. The number of nitrogens with two attached hydrogens (primary N) is 2. The molecule has 0 unspecified atom stereocenters. The van der Waals surface area contributed by atoms with Crippen molar-refractivity contribution in [2.45, 2.75) is 19.1 Å². The largest absolute Gasteiger partial charge is 0.383 e. The average molecular weight is 450 g/mol. The van der Waals surface area contributed by atoms with E-state index in [0.717, 1.165) is 33.1 Å². The van der Waals surface area contributed by atoms with E-state index in [9.17, 15) is 4.79 Å². The Balaban J connectivity index is 1.31. The number of amides is 1. The Morgan fingerprint density at radius 1 is 1.12 bits per heavy atom. The van der Waals surface area contributed by atoms with Crippen LogP contribution in [0.25, 0.3) is 21.8 Å². The summed E-state index contributed by atoms with van der Waals surface area (Å²) in [5.74, 6) is 0.512. The van der Waals surface area contributed by atoms with Gasteiger partial charge in [-0.3, -0.25) is 9.69 Å². The van der Waals surface area contributed by atoms with Crippen LogP contribution < -0.4 is 11.5 Å². The Morgan fingerprint density at radius 2 is 2.00 bits per heavy atom. The van der Waals surface area contributed by atoms with Crippen molar-refractivity contribution in [1.29, 1.82) is 0 Å². The average Bonchev–Trinajstić information content (AvgIpc) is 3.16. The first-order valence-corrected chi connectivity index (χ1v) is 10.9. The number of aromatic nitrogens is 3. The van der Waals surface area contributed by atoms with E-state index in [1.165, 1.54) is 6.33 Å². The van der Waals surface area contributed by atoms with E-state index in [4.69, 9.17) is 23.1 Å². The maximum absolute atomic E-state index is 13.1. The highest BCUT2D eigenvalue weighted by Crippen LogP contribution is 2.23. The number of nitrogens with one attached hydrogen (secondary N) is 1. The van der Waals surface area contributed by atoms with Crippen molar-refractivity contribution in [2.24, 2.45) is 5.73 Å². The molecule has 0 spiro atoms. The molecular weight excluding hydrogens is 426 g/mol. The molecule has 1 amide bonds. The molecule has 9 heteroatoms. The highest BCUT2D eigenvalue weighted by atomic mass is 35.5. The van der Waals surface area contributed by atoms with Crippen molar-refractivity contribution in [3.8, 4) is 0 Å². The summed E-state index contributed by atoms with van der Waals surface area (Å²) in [6.45, 7) is 2.58. The molecule has 5 N–H and O–H groups in total. The van der Waals surface area contributed by atoms with Crippen molar-refractivity contribution < 1.29 is 4.79 Å². The minimum absolute atomic E-state index is 0.0631. The van der Waals surface area contributed by atoms with Crippen LogP contribution in [-0.2, 0) is 17.9 Å². The normalized spacial score (nSPS) is 17.5. The number of nitrogen functional groups attached to an aromatic ring is 1. The number of H-pyrrole nitrogens is 1. The molecule has 1 aliphatic heterocycles. The number of nitrogens with zero attached hydrogens (tertiary/aromatic N) is 4. The number of anilines is 1. The van der Waals surface area contributed by atoms with Gasteiger partial charge in [-0.2, -0.15) is 0 Å². The van der Waals surface area contributed by atoms with Gasteiger partial charge in [0.05, 0.1) is 18.1 Å². The van der Waals surface area contributed by atoms with Gasteiger partial charge >= 0.3 is 0 Å². The zero-order valence-electron chi connectivity index (χ0n) is 17.5.